The number of para-hydroxylation sites is 1. The molecule has 0 radical (unpaired) electrons. The molecule has 19 heavy (non-hydrogen) atoms. The number of aryl methyl sites for hydroxylation is 3. The monoisotopic (exact) mass is 250 g/mol. The zero-order valence-electron chi connectivity index (χ0n) is 11.6. The molecule has 3 aromatic rings. The smallest absolute Gasteiger partial charge is 0.0701 e. The Morgan fingerprint density at radius 2 is 1.58 bits per heavy atom. The van der Waals surface area contributed by atoms with E-state index in [9.17, 15) is 0 Å². The van der Waals surface area contributed by atoms with Crippen LogP contribution < -0.4 is 0 Å². The van der Waals surface area contributed by atoms with Crippen LogP contribution in [-0.4, -0.2) is 9.97 Å². The fraction of sp³-hybridized carbons (Fsp3) is 0.176. The zero-order chi connectivity index (χ0) is 13.7. The number of pyridine rings is 2. The Hall–Kier alpha value is -2.22. The highest BCUT2D eigenvalue weighted by Gasteiger charge is 1.90. The van der Waals surface area contributed by atoms with Crippen molar-refractivity contribution in [3.05, 3.63) is 71.7 Å². The van der Waals surface area contributed by atoms with Crippen molar-refractivity contribution in [3.63, 3.8) is 0 Å². The summed E-state index contributed by atoms with van der Waals surface area (Å²) < 4.78 is 0. The summed E-state index contributed by atoms with van der Waals surface area (Å²) in [6, 6.07) is 14.2. The van der Waals surface area contributed by atoms with Crippen molar-refractivity contribution < 1.29 is 0 Å². The Morgan fingerprint density at radius 1 is 0.842 bits per heavy atom. The fourth-order valence-electron chi connectivity index (χ4n) is 1.80. The predicted molar refractivity (Wildman–Crippen MR) is 80.2 cm³/mol. The van der Waals surface area contributed by atoms with Crippen LogP contribution in [0, 0.1) is 20.8 Å². The van der Waals surface area contributed by atoms with E-state index < -0.39 is 0 Å². The molecule has 0 N–H and O–H groups in total. The van der Waals surface area contributed by atoms with Crippen molar-refractivity contribution in [2.24, 2.45) is 0 Å². The van der Waals surface area contributed by atoms with E-state index in [1.165, 1.54) is 16.5 Å². The van der Waals surface area contributed by atoms with Gasteiger partial charge >= 0.3 is 0 Å². The summed E-state index contributed by atoms with van der Waals surface area (Å²) in [7, 11) is 0. The van der Waals surface area contributed by atoms with Crippen molar-refractivity contribution in [2.45, 2.75) is 20.8 Å². The van der Waals surface area contributed by atoms with Gasteiger partial charge in [-0.15, -0.1) is 0 Å². The van der Waals surface area contributed by atoms with Crippen LogP contribution in [-0.2, 0) is 0 Å². The highest BCUT2D eigenvalue weighted by atomic mass is 14.7. The molecular formula is C17H18N2. The summed E-state index contributed by atoms with van der Waals surface area (Å²) >= 11 is 0. The van der Waals surface area contributed by atoms with Gasteiger partial charge in [0.15, 0.2) is 0 Å². The van der Waals surface area contributed by atoms with Crippen molar-refractivity contribution in [3.8, 4) is 0 Å². The summed E-state index contributed by atoms with van der Waals surface area (Å²) in [6.45, 7) is 6.16. The standard InChI is InChI=1S/C9H7N.C8H11N/c1-2-6-9-8(4-1)5-3-7-10-9;1-6-4-7(2)8(3)9-5-6/h1-7H;4-5H,1-3H3. The normalized spacial score (nSPS) is 9.84. The molecule has 0 unspecified atom stereocenters. The molecule has 2 aromatic heterocycles. The maximum Gasteiger partial charge on any atom is 0.0701 e. The van der Waals surface area contributed by atoms with E-state index in [0.717, 1.165) is 11.2 Å². The Morgan fingerprint density at radius 3 is 2.26 bits per heavy atom. The molecule has 0 bridgehead atoms. The van der Waals surface area contributed by atoms with Crippen LogP contribution in [0.4, 0.5) is 0 Å². The minimum atomic E-state index is 1.06. The number of hydrogen-bond acceptors (Lipinski definition) is 2. The van der Waals surface area contributed by atoms with E-state index in [-0.39, 0.29) is 0 Å². The topological polar surface area (TPSA) is 25.8 Å². The number of aromatic nitrogens is 2. The van der Waals surface area contributed by atoms with E-state index in [0.29, 0.717) is 0 Å². The second kappa shape index (κ2) is 6.10. The average Bonchev–Trinajstić information content (AvgIpc) is 2.44. The summed E-state index contributed by atoms with van der Waals surface area (Å²) in [6.07, 6.45) is 3.70. The molecule has 96 valence electrons. The second-order valence-corrected chi connectivity index (χ2v) is 4.61. The first-order valence-electron chi connectivity index (χ1n) is 6.36. The highest BCUT2D eigenvalue weighted by Crippen LogP contribution is 2.08. The number of hydrogen-bond donors (Lipinski definition) is 0. The summed E-state index contributed by atoms with van der Waals surface area (Å²) in [5.74, 6) is 0. The first-order valence-corrected chi connectivity index (χ1v) is 6.36. The maximum absolute atomic E-state index is 4.18. The van der Waals surface area contributed by atoms with Crippen LogP contribution in [0.3, 0.4) is 0 Å². The fourth-order valence-corrected chi connectivity index (χ4v) is 1.80. The van der Waals surface area contributed by atoms with Crippen molar-refractivity contribution >= 4 is 10.9 Å². The van der Waals surface area contributed by atoms with E-state index in [2.05, 4.69) is 42.0 Å². The first kappa shape index (κ1) is 13.2. The average molecular weight is 250 g/mol. The van der Waals surface area contributed by atoms with Gasteiger partial charge in [-0.1, -0.05) is 30.3 Å². The van der Waals surface area contributed by atoms with E-state index >= 15 is 0 Å². The molecule has 3 rings (SSSR count). The zero-order valence-corrected chi connectivity index (χ0v) is 11.6. The number of nitrogens with zero attached hydrogens (tertiary/aromatic N) is 2. The van der Waals surface area contributed by atoms with Gasteiger partial charge < -0.3 is 0 Å². The van der Waals surface area contributed by atoms with Gasteiger partial charge in [0.1, 0.15) is 0 Å². The van der Waals surface area contributed by atoms with Crippen molar-refractivity contribution in [2.75, 3.05) is 0 Å². The predicted octanol–water partition coefficient (Wildman–Crippen LogP) is 4.24. The van der Waals surface area contributed by atoms with Gasteiger partial charge in [-0.05, 0) is 44.0 Å². The molecule has 2 nitrogen and oxygen atoms in total. The third-order valence-corrected chi connectivity index (χ3v) is 2.99. The van der Waals surface area contributed by atoms with Crippen LogP contribution in [0.2, 0.25) is 0 Å². The number of rotatable bonds is 0. The van der Waals surface area contributed by atoms with Gasteiger partial charge in [0.25, 0.3) is 0 Å². The lowest BCUT2D eigenvalue weighted by Gasteiger charge is -1.97. The van der Waals surface area contributed by atoms with Gasteiger partial charge in [0.2, 0.25) is 0 Å². The molecule has 0 aliphatic rings. The number of benzene rings is 1. The Kier molecular flexibility index (Phi) is 4.24. The SMILES string of the molecule is Cc1cnc(C)c(C)c1.c1ccc2ncccc2c1. The van der Waals surface area contributed by atoms with E-state index in [1.54, 1.807) is 0 Å². The van der Waals surface area contributed by atoms with Gasteiger partial charge in [-0.2, -0.15) is 0 Å². The van der Waals surface area contributed by atoms with Gasteiger partial charge in [0.05, 0.1) is 5.52 Å². The minimum absolute atomic E-state index is 1.06. The minimum Gasteiger partial charge on any atom is -0.261 e. The highest BCUT2D eigenvalue weighted by molar-refractivity contribution is 5.77. The van der Waals surface area contributed by atoms with Crippen LogP contribution in [0.15, 0.2) is 54.9 Å². The molecule has 0 saturated heterocycles. The lowest BCUT2D eigenvalue weighted by Crippen LogP contribution is -1.85. The Bertz CT molecular complexity index is 609. The molecule has 0 atom stereocenters. The van der Waals surface area contributed by atoms with Gasteiger partial charge in [-0.25, -0.2) is 0 Å². The molecule has 1 aromatic carbocycles. The Balaban J connectivity index is 0.000000141. The third kappa shape index (κ3) is 3.62. The molecule has 0 aliphatic heterocycles. The lowest BCUT2D eigenvalue weighted by molar-refractivity contribution is 1.12. The molecule has 2 heterocycles. The largest absolute Gasteiger partial charge is 0.261 e. The van der Waals surface area contributed by atoms with Crippen molar-refractivity contribution in [1.29, 1.82) is 0 Å². The molecule has 2 heteroatoms. The molecule has 0 aliphatic carbocycles. The van der Waals surface area contributed by atoms with Crippen molar-refractivity contribution in [1.82, 2.24) is 9.97 Å². The van der Waals surface area contributed by atoms with E-state index in [1.807, 2.05) is 43.6 Å². The quantitative estimate of drug-likeness (QED) is 0.596. The molecule has 0 spiro atoms. The molecule has 0 fully saturated rings. The summed E-state index contributed by atoms with van der Waals surface area (Å²) in [5, 5.41) is 1.20. The van der Waals surface area contributed by atoms with Crippen LogP contribution >= 0.6 is 0 Å². The summed E-state index contributed by atoms with van der Waals surface area (Å²) in [4.78, 5) is 8.36. The van der Waals surface area contributed by atoms with E-state index in [4.69, 9.17) is 0 Å². The van der Waals surface area contributed by atoms with Crippen LogP contribution in [0.1, 0.15) is 16.8 Å². The molecule has 0 saturated carbocycles. The maximum atomic E-state index is 4.18. The summed E-state index contributed by atoms with van der Waals surface area (Å²) in [5.41, 5.74) is 4.69. The second-order valence-electron chi connectivity index (χ2n) is 4.61. The van der Waals surface area contributed by atoms with Gasteiger partial charge in [0, 0.05) is 23.5 Å². The van der Waals surface area contributed by atoms with Gasteiger partial charge in [-0.3, -0.25) is 9.97 Å². The van der Waals surface area contributed by atoms with Crippen LogP contribution in [0.25, 0.3) is 10.9 Å². The lowest BCUT2D eigenvalue weighted by atomic mass is 10.2. The first-order chi connectivity index (χ1) is 9.16. The number of fused-ring (bicyclic) bond motifs is 1. The molecule has 0 amide bonds. The van der Waals surface area contributed by atoms with Crippen LogP contribution in [0.5, 0.6) is 0 Å². The third-order valence-electron chi connectivity index (χ3n) is 2.99. The molecular weight excluding hydrogens is 232 g/mol. The Labute approximate surface area is 114 Å².